The number of rotatable bonds is 1. The van der Waals surface area contributed by atoms with E-state index >= 15 is 0 Å². The van der Waals surface area contributed by atoms with Crippen molar-refractivity contribution in [3.8, 4) is 12.3 Å². The average molecular weight is 167 g/mol. The Kier molecular flexibility index (Phi) is 1.93. The lowest BCUT2D eigenvalue weighted by molar-refractivity contribution is 1.11. The Hall–Kier alpha value is -1.88. The third-order valence-electron chi connectivity index (χ3n) is 1.71. The molecule has 2 heteroatoms. The Morgan fingerprint density at radius 3 is 2.85 bits per heavy atom. The minimum atomic E-state index is 0.484. The maximum atomic E-state index is 5.17. The number of para-hydroxylation sites is 2. The van der Waals surface area contributed by atoms with Crippen LogP contribution in [0.1, 0.15) is 5.69 Å². The largest absolute Gasteiger partial charge is 0.248 e. The number of hydrogen-bond acceptors (Lipinski definition) is 2. The first kappa shape index (κ1) is 7.75. The van der Waals surface area contributed by atoms with Crippen LogP contribution < -0.4 is 0 Å². The van der Waals surface area contributed by atoms with Gasteiger partial charge in [0.15, 0.2) is 0 Å². The van der Waals surface area contributed by atoms with Crippen molar-refractivity contribution in [2.75, 3.05) is 0 Å². The van der Waals surface area contributed by atoms with Crippen molar-refractivity contribution in [2.45, 2.75) is 6.42 Å². The predicted octanol–water partition coefficient (Wildman–Crippen LogP) is 1.61. The molecule has 0 unspecified atom stereocenters. The zero-order chi connectivity index (χ0) is 9.10. The van der Waals surface area contributed by atoms with E-state index in [1.54, 1.807) is 0 Å². The van der Waals surface area contributed by atoms with Crippen molar-refractivity contribution >= 4 is 11.0 Å². The average Bonchev–Trinajstić information content (AvgIpc) is 2.18. The molecule has 2 aromatic rings. The summed E-state index contributed by atoms with van der Waals surface area (Å²) in [6, 6.07) is 7.66. The van der Waals surface area contributed by atoms with Crippen LogP contribution in [0.15, 0.2) is 24.3 Å². The van der Waals surface area contributed by atoms with E-state index in [2.05, 4.69) is 22.1 Å². The highest BCUT2D eigenvalue weighted by molar-refractivity contribution is 5.73. The molecule has 0 fully saturated rings. The van der Waals surface area contributed by atoms with Gasteiger partial charge in [0.05, 0.1) is 23.1 Å². The second kappa shape index (κ2) is 3.24. The Morgan fingerprint density at radius 2 is 2.08 bits per heavy atom. The number of nitrogens with zero attached hydrogens (tertiary/aromatic N) is 2. The number of terminal acetylenes is 1. The number of hydrogen-bond donors (Lipinski definition) is 0. The summed E-state index contributed by atoms with van der Waals surface area (Å²) < 4.78 is 0. The molecule has 0 aliphatic carbocycles. The first-order valence-corrected chi connectivity index (χ1v) is 3.97. The van der Waals surface area contributed by atoms with Gasteiger partial charge in [-0.25, -0.2) is 9.97 Å². The molecule has 1 aromatic carbocycles. The summed E-state index contributed by atoms with van der Waals surface area (Å²) in [5.74, 6) is 2.51. The molecule has 0 spiro atoms. The van der Waals surface area contributed by atoms with E-state index in [-0.39, 0.29) is 0 Å². The van der Waals surface area contributed by atoms with Crippen LogP contribution in [-0.4, -0.2) is 9.97 Å². The van der Waals surface area contributed by atoms with Gasteiger partial charge < -0.3 is 0 Å². The second-order valence-electron chi connectivity index (χ2n) is 2.65. The molecule has 1 radical (unpaired) electrons. The summed E-state index contributed by atoms with van der Waals surface area (Å²) in [4.78, 5) is 8.42. The highest BCUT2D eigenvalue weighted by atomic mass is 14.8. The first-order chi connectivity index (χ1) is 6.40. The Bertz CT molecular complexity index is 469. The SMILES string of the molecule is C#CCc1[c]nc2ccccc2n1. The Labute approximate surface area is 76.6 Å². The van der Waals surface area contributed by atoms with Gasteiger partial charge in [-0.15, -0.1) is 12.3 Å². The molecule has 61 valence electrons. The molecule has 1 heterocycles. The topological polar surface area (TPSA) is 25.8 Å². The van der Waals surface area contributed by atoms with Gasteiger partial charge in [-0.05, 0) is 12.1 Å². The van der Waals surface area contributed by atoms with E-state index in [0.29, 0.717) is 6.42 Å². The fourth-order valence-corrected chi connectivity index (χ4v) is 1.12. The highest BCUT2D eigenvalue weighted by Crippen LogP contribution is 2.07. The maximum Gasteiger partial charge on any atom is 0.114 e. The zero-order valence-electron chi connectivity index (χ0n) is 6.99. The maximum absolute atomic E-state index is 5.17. The van der Waals surface area contributed by atoms with E-state index in [1.807, 2.05) is 24.3 Å². The minimum Gasteiger partial charge on any atom is -0.248 e. The van der Waals surface area contributed by atoms with Crippen LogP contribution >= 0.6 is 0 Å². The smallest absolute Gasteiger partial charge is 0.114 e. The van der Waals surface area contributed by atoms with E-state index < -0.39 is 0 Å². The molecule has 0 saturated heterocycles. The lowest BCUT2D eigenvalue weighted by atomic mass is 10.2. The summed E-state index contributed by atoms with van der Waals surface area (Å²) >= 11 is 0. The van der Waals surface area contributed by atoms with Crippen LogP contribution in [0.4, 0.5) is 0 Å². The molecule has 2 rings (SSSR count). The van der Waals surface area contributed by atoms with Gasteiger partial charge in [0.1, 0.15) is 6.20 Å². The predicted molar refractivity (Wildman–Crippen MR) is 50.9 cm³/mol. The summed E-state index contributed by atoms with van der Waals surface area (Å²) in [6.45, 7) is 0. The summed E-state index contributed by atoms with van der Waals surface area (Å²) in [6.07, 6.45) is 8.46. The van der Waals surface area contributed by atoms with Gasteiger partial charge in [0.2, 0.25) is 0 Å². The molecule has 0 N–H and O–H groups in total. The third-order valence-corrected chi connectivity index (χ3v) is 1.71. The molecule has 0 aliphatic rings. The number of fused-ring (bicyclic) bond motifs is 1. The standard InChI is InChI=1S/C11H7N2/c1-2-5-9-8-12-10-6-3-4-7-11(10)13-9/h1,3-4,6-7H,5H2. The molecule has 0 amide bonds. The first-order valence-electron chi connectivity index (χ1n) is 3.97. The number of aromatic nitrogens is 2. The molecular weight excluding hydrogens is 160 g/mol. The molecule has 0 saturated carbocycles. The van der Waals surface area contributed by atoms with Crippen LogP contribution in [0.2, 0.25) is 0 Å². The minimum absolute atomic E-state index is 0.484. The molecule has 1 aromatic heterocycles. The van der Waals surface area contributed by atoms with E-state index in [9.17, 15) is 0 Å². The third kappa shape index (κ3) is 1.50. The van der Waals surface area contributed by atoms with Gasteiger partial charge >= 0.3 is 0 Å². The molecule has 2 nitrogen and oxygen atoms in total. The zero-order valence-corrected chi connectivity index (χ0v) is 6.99. The van der Waals surface area contributed by atoms with Crippen molar-refractivity contribution in [1.82, 2.24) is 9.97 Å². The van der Waals surface area contributed by atoms with Crippen molar-refractivity contribution in [2.24, 2.45) is 0 Å². The summed E-state index contributed by atoms with van der Waals surface area (Å²) in [5.41, 5.74) is 2.44. The normalized spacial score (nSPS) is 9.77. The fourth-order valence-electron chi connectivity index (χ4n) is 1.12. The van der Waals surface area contributed by atoms with Gasteiger partial charge in [-0.3, -0.25) is 0 Å². The second-order valence-corrected chi connectivity index (χ2v) is 2.65. The fraction of sp³-hybridized carbons (Fsp3) is 0.0909. The van der Waals surface area contributed by atoms with Crippen LogP contribution in [0.3, 0.4) is 0 Å². The molecule has 0 aliphatic heterocycles. The van der Waals surface area contributed by atoms with Gasteiger partial charge in [-0.2, -0.15) is 0 Å². The van der Waals surface area contributed by atoms with E-state index in [4.69, 9.17) is 6.42 Å². The molecule has 0 atom stereocenters. The molecule has 13 heavy (non-hydrogen) atoms. The van der Waals surface area contributed by atoms with Gasteiger partial charge in [-0.1, -0.05) is 12.1 Å². The Morgan fingerprint density at radius 1 is 1.31 bits per heavy atom. The van der Waals surface area contributed by atoms with Crippen LogP contribution in [0.25, 0.3) is 11.0 Å². The summed E-state index contributed by atoms with van der Waals surface area (Å²) in [7, 11) is 0. The molecular formula is C11H7N2. The van der Waals surface area contributed by atoms with Crippen molar-refractivity contribution in [1.29, 1.82) is 0 Å². The highest BCUT2D eigenvalue weighted by Gasteiger charge is 1.97. The van der Waals surface area contributed by atoms with Crippen molar-refractivity contribution < 1.29 is 0 Å². The number of benzene rings is 1. The summed E-state index contributed by atoms with van der Waals surface area (Å²) in [5, 5.41) is 0. The Balaban J connectivity index is 2.57. The van der Waals surface area contributed by atoms with E-state index in [0.717, 1.165) is 16.7 Å². The lowest BCUT2D eigenvalue weighted by Gasteiger charge is -1.96. The monoisotopic (exact) mass is 167 g/mol. The molecule has 0 bridgehead atoms. The van der Waals surface area contributed by atoms with Gasteiger partial charge in [0, 0.05) is 0 Å². The van der Waals surface area contributed by atoms with Gasteiger partial charge in [0.25, 0.3) is 0 Å². The van der Waals surface area contributed by atoms with Crippen molar-refractivity contribution in [3.63, 3.8) is 0 Å². The van der Waals surface area contributed by atoms with Crippen LogP contribution in [0.5, 0.6) is 0 Å². The van der Waals surface area contributed by atoms with Crippen molar-refractivity contribution in [3.05, 3.63) is 36.2 Å². The quantitative estimate of drug-likeness (QED) is 0.603. The van der Waals surface area contributed by atoms with Crippen LogP contribution in [0, 0.1) is 18.5 Å². The lowest BCUT2D eigenvalue weighted by Crippen LogP contribution is -1.91. The van der Waals surface area contributed by atoms with Crippen LogP contribution in [-0.2, 0) is 6.42 Å². The van der Waals surface area contributed by atoms with E-state index in [1.165, 1.54) is 0 Å².